The predicted molar refractivity (Wildman–Crippen MR) is 72.9 cm³/mol. The van der Waals surface area contributed by atoms with E-state index in [9.17, 15) is 9.59 Å². The largest absolute Gasteiger partial charge is 0.444 e. The molecule has 1 heterocycles. The Morgan fingerprint density at radius 2 is 1.84 bits per heavy atom. The van der Waals surface area contributed by atoms with Crippen LogP contribution >= 0.6 is 0 Å². The zero-order chi connectivity index (χ0) is 14.5. The van der Waals surface area contributed by atoms with E-state index in [4.69, 9.17) is 4.74 Å². The van der Waals surface area contributed by atoms with E-state index >= 15 is 0 Å². The van der Waals surface area contributed by atoms with Crippen LogP contribution in [0.3, 0.4) is 0 Å². The van der Waals surface area contributed by atoms with Gasteiger partial charge in [0.2, 0.25) is 5.91 Å². The van der Waals surface area contributed by atoms with Crippen molar-refractivity contribution in [1.29, 1.82) is 0 Å². The molecule has 6 heteroatoms. The van der Waals surface area contributed by atoms with Crippen LogP contribution in [-0.2, 0) is 9.53 Å². The van der Waals surface area contributed by atoms with Gasteiger partial charge in [-0.2, -0.15) is 0 Å². The van der Waals surface area contributed by atoms with E-state index in [0.717, 1.165) is 12.8 Å². The third kappa shape index (κ3) is 5.92. The fraction of sp³-hybridized carbons (Fsp3) is 0.846. The monoisotopic (exact) mass is 271 g/mol. The Balaban J connectivity index is 2.30. The van der Waals surface area contributed by atoms with E-state index in [1.165, 1.54) is 0 Å². The van der Waals surface area contributed by atoms with Gasteiger partial charge < -0.3 is 20.3 Å². The first kappa shape index (κ1) is 15.8. The van der Waals surface area contributed by atoms with Crippen molar-refractivity contribution in [1.82, 2.24) is 15.5 Å². The number of piperidine rings is 1. The van der Waals surface area contributed by atoms with Gasteiger partial charge >= 0.3 is 6.09 Å². The summed E-state index contributed by atoms with van der Waals surface area (Å²) in [5, 5.41) is 5.71. The van der Waals surface area contributed by atoms with Crippen LogP contribution in [0.1, 0.15) is 33.6 Å². The molecule has 0 radical (unpaired) electrons. The minimum atomic E-state index is -0.479. The molecule has 19 heavy (non-hydrogen) atoms. The minimum absolute atomic E-state index is 0.0912. The smallest absolute Gasteiger partial charge is 0.407 e. The van der Waals surface area contributed by atoms with Crippen molar-refractivity contribution in [2.24, 2.45) is 0 Å². The molecule has 0 bridgehead atoms. The molecule has 0 aromatic carbocycles. The number of hydrogen-bond acceptors (Lipinski definition) is 4. The normalized spacial score (nSPS) is 17.2. The third-order valence-corrected chi connectivity index (χ3v) is 2.90. The second-order valence-corrected chi connectivity index (χ2v) is 5.83. The van der Waals surface area contributed by atoms with E-state index < -0.39 is 5.60 Å². The molecular formula is C13H25N3O3. The lowest BCUT2D eigenvalue weighted by Crippen LogP contribution is -2.49. The van der Waals surface area contributed by atoms with Gasteiger partial charge in [-0.3, -0.25) is 4.79 Å². The summed E-state index contributed by atoms with van der Waals surface area (Å²) in [4.78, 5) is 25.1. The average Bonchev–Trinajstić information content (AvgIpc) is 2.27. The maximum atomic E-state index is 11.7. The Morgan fingerprint density at radius 3 is 2.32 bits per heavy atom. The summed E-state index contributed by atoms with van der Waals surface area (Å²) in [6.45, 7) is 7.24. The first-order valence-electron chi connectivity index (χ1n) is 6.73. The van der Waals surface area contributed by atoms with Crippen molar-refractivity contribution < 1.29 is 14.3 Å². The SMILES string of the molecule is CNCC(=O)N1CCC(NC(=O)OC(C)(C)C)CC1. The van der Waals surface area contributed by atoms with Gasteiger partial charge in [0, 0.05) is 19.1 Å². The lowest BCUT2D eigenvalue weighted by atomic mass is 10.1. The second-order valence-electron chi connectivity index (χ2n) is 5.83. The number of nitrogens with one attached hydrogen (secondary N) is 2. The Hall–Kier alpha value is -1.30. The van der Waals surface area contributed by atoms with Crippen molar-refractivity contribution in [3.8, 4) is 0 Å². The lowest BCUT2D eigenvalue weighted by Gasteiger charge is -2.32. The quantitative estimate of drug-likeness (QED) is 0.793. The molecular weight excluding hydrogens is 246 g/mol. The molecule has 1 fully saturated rings. The first-order chi connectivity index (χ1) is 8.81. The highest BCUT2D eigenvalue weighted by molar-refractivity contribution is 5.78. The van der Waals surface area contributed by atoms with Gasteiger partial charge in [0.25, 0.3) is 0 Å². The average molecular weight is 271 g/mol. The van der Waals surface area contributed by atoms with Gasteiger partial charge in [0.1, 0.15) is 5.60 Å². The van der Waals surface area contributed by atoms with E-state index in [2.05, 4.69) is 10.6 Å². The van der Waals surface area contributed by atoms with Crippen molar-refractivity contribution in [2.45, 2.75) is 45.3 Å². The number of alkyl carbamates (subject to hydrolysis) is 1. The topological polar surface area (TPSA) is 70.7 Å². The second kappa shape index (κ2) is 6.75. The van der Waals surface area contributed by atoms with Crippen LogP contribution in [0.25, 0.3) is 0 Å². The van der Waals surface area contributed by atoms with Crippen molar-refractivity contribution >= 4 is 12.0 Å². The number of carbonyl (C=O) groups excluding carboxylic acids is 2. The molecule has 110 valence electrons. The zero-order valence-corrected chi connectivity index (χ0v) is 12.3. The lowest BCUT2D eigenvalue weighted by molar-refractivity contribution is -0.131. The van der Waals surface area contributed by atoms with Crippen LogP contribution in [0.4, 0.5) is 4.79 Å². The molecule has 0 spiro atoms. The van der Waals surface area contributed by atoms with Gasteiger partial charge in [-0.25, -0.2) is 4.79 Å². The van der Waals surface area contributed by atoms with Crippen molar-refractivity contribution in [3.05, 3.63) is 0 Å². The van der Waals surface area contributed by atoms with E-state index in [1.807, 2.05) is 25.7 Å². The molecule has 0 aliphatic carbocycles. The third-order valence-electron chi connectivity index (χ3n) is 2.90. The molecule has 2 N–H and O–H groups in total. The van der Waals surface area contributed by atoms with Gasteiger partial charge in [-0.1, -0.05) is 0 Å². The highest BCUT2D eigenvalue weighted by atomic mass is 16.6. The Labute approximate surface area is 114 Å². The summed E-state index contributed by atoms with van der Waals surface area (Å²) in [6, 6.07) is 0.0912. The van der Waals surface area contributed by atoms with Crippen LogP contribution in [0.5, 0.6) is 0 Å². The number of carbonyl (C=O) groups is 2. The summed E-state index contributed by atoms with van der Waals surface area (Å²) in [7, 11) is 1.76. The summed E-state index contributed by atoms with van der Waals surface area (Å²) in [5.41, 5.74) is -0.479. The number of hydrogen-bond donors (Lipinski definition) is 2. The molecule has 0 aromatic heterocycles. The zero-order valence-electron chi connectivity index (χ0n) is 12.3. The number of nitrogens with zero attached hydrogens (tertiary/aromatic N) is 1. The number of likely N-dealkylation sites (tertiary alicyclic amines) is 1. The molecule has 0 unspecified atom stereocenters. The fourth-order valence-electron chi connectivity index (χ4n) is 2.01. The molecule has 0 aromatic rings. The number of amides is 2. The molecule has 1 rings (SSSR count). The van der Waals surface area contributed by atoms with Crippen molar-refractivity contribution in [2.75, 3.05) is 26.7 Å². The van der Waals surface area contributed by atoms with Crippen LogP contribution in [0.15, 0.2) is 0 Å². The van der Waals surface area contributed by atoms with Gasteiger partial charge in [-0.15, -0.1) is 0 Å². The molecule has 2 amide bonds. The summed E-state index contributed by atoms with van der Waals surface area (Å²) in [5.74, 6) is 0.109. The number of rotatable bonds is 3. The maximum Gasteiger partial charge on any atom is 0.407 e. The van der Waals surface area contributed by atoms with Crippen LogP contribution in [0, 0.1) is 0 Å². The van der Waals surface area contributed by atoms with Gasteiger partial charge in [-0.05, 0) is 40.7 Å². The minimum Gasteiger partial charge on any atom is -0.444 e. The molecule has 1 aliphatic rings. The highest BCUT2D eigenvalue weighted by Crippen LogP contribution is 2.12. The van der Waals surface area contributed by atoms with E-state index in [1.54, 1.807) is 7.05 Å². The summed E-state index contributed by atoms with van der Waals surface area (Å²) < 4.78 is 5.21. The number of ether oxygens (including phenoxy) is 1. The predicted octanol–water partition coefficient (Wildman–Crippen LogP) is 0.721. The summed E-state index contributed by atoms with van der Waals surface area (Å²) in [6.07, 6.45) is 1.16. The Morgan fingerprint density at radius 1 is 1.26 bits per heavy atom. The van der Waals surface area contributed by atoms with Crippen LogP contribution in [0.2, 0.25) is 0 Å². The molecule has 6 nitrogen and oxygen atoms in total. The highest BCUT2D eigenvalue weighted by Gasteiger charge is 2.25. The number of likely N-dealkylation sites (N-methyl/N-ethyl adjacent to an activating group) is 1. The molecule has 0 atom stereocenters. The first-order valence-corrected chi connectivity index (χ1v) is 6.73. The van der Waals surface area contributed by atoms with Gasteiger partial charge in [0.05, 0.1) is 6.54 Å². The van der Waals surface area contributed by atoms with Crippen LogP contribution in [-0.4, -0.2) is 55.2 Å². The molecule has 0 saturated carbocycles. The van der Waals surface area contributed by atoms with Crippen molar-refractivity contribution in [3.63, 3.8) is 0 Å². The van der Waals surface area contributed by atoms with E-state index in [-0.39, 0.29) is 18.0 Å². The Bertz CT molecular complexity index is 318. The Kier molecular flexibility index (Phi) is 5.60. The van der Waals surface area contributed by atoms with E-state index in [0.29, 0.717) is 19.6 Å². The maximum absolute atomic E-state index is 11.7. The fourth-order valence-corrected chi connectivity index (χ4v) is 2.01. The molecule has 1 aliphatic heterocycles. The standard InChI is InChI=1S/C13H25N3O3/c1-13(2,3)19-12(18)15-10-5-7-16(8-6-10)11(17)9-14-4/h10,14H,5-9H2,1-4H3,(H,15,18). The summed E-state index contributed by atoms with van der Waals surface area (Å²) >= 11 is 0. The van der Waals surface area contributed by atoms with Gasteiger partial charge in [0.15, 0.2) is 0 Å². The molecule has 1 saturated heterocycles. The van der Waals surface area contributed by atoms with Crippen LogP contribution < -0.4 is 10.6 Å².